The number of aromatic nitrogens is 1. The van der Waals surface area contributed by atoms with Gasteiger partial charge in [0.25, 0.3) is 0 Å². The van der Waals surface area contributed by atoms with Crippen molar-refractivity contribution in [3.8, 4) is 11.5 Å². The Hall–Kier alpha value is -3.35. The predicted octanol–water partition coefficient (Wildman–Crippen LogP) is 5.64. The van der Waals surface area contributed by atoms with Crippen molar-refractivity contribution in [3.63, 3.8) is 0 Å². The number of hydrogen-bond acceptors (Lipinski definition) is 6. The van der Waals surface area contributed by atoms with Crippen LogP contribution in [0.2, 0.25) is 0 Å². The summed E-state index contributed by atoms with van der Waals surface area (Å²) < 4.78 is 16.4. The number of ether oxygens (including phenoxy) is 2. The molecule has 1 saturated heterocycles. The van der Waals surface area contributed by atoms with Crippen LogP contribution in [0.1, 0.15) is 38.1 Å². The van der Waals surface area contributed by atoms with E-state index >= 15 is 0 Å². The van der Waals surface area contributed by atoms with E-state index in [1.54, 1.807) is 4.90 Å². The van der Waals surface area contributed by atoms with Gasteiger partial charge in [0.1, 0.15) is 5.76 Å². The first-order chi connectivity index (χ1) is 16.9. The van der Waals surface area contributed by atoms with Crippen LogP contribution < -0.4 is 0 Å². The number of nitrogens with zero attached hydrogens (tertiary/aromatic N) is 2. The molecule has 1 aliphatic heterocycles. The van der Waals surface area contributed by atoms with E-state index < -0.39 is 0 Å². The number of aryl methyl sites for hydroxylation is 1. The number of methoxy groups -OCH3 is 1. The van der Waals surface area contributed by atoms with E-state index in [-0.39, 0.29) is 36.4 Å². The third-order valence-corrected chi connectivity index (χ3v) is 6.95. The van der Waals surface area contributed by atoms with Crippen LogP contribution in [0.4, 0.5) is 4.79 Å². The smallest absolute Gasteiger partial charge is 0.409 e. The number of benzene rings is 2. The Kier molecular flexibility index (Phi) is 7.73. The number of piperidine rings is 1. The van der Waals surface area contributed by atoms with Crippen LogP contribution in [-0.4, -0.2) is 48.8 Å². The first kappa shape index (κ1) is 24.8. The molecule has 1 aromatic heterocycles. The number of carbonyl (C=O) groups is 2. The van der Waals surface area contributed by atoms with Gasteiger partial charge in [-0.2, -0.15) is 0 Å². The molecule has 0 N–H and O–H groups in total. The molecule has 1 amide bonds. The van der Waals surface area contributed by atoms with Gasteiger partial charge in [-0.25, -0.2) is 9.78 Å². The van der Waals surface area contributed by atoms with Crippen molar-refractivity contribution in [1.29, 1.82) is 0 Å². The fourth-order valence-corrected chi connectivity index (χ4v) is 5.02. The average molecular weight is 479 g/mol. The molecule has 0 radical (unpaired) electrons. The molecule has 0 spiro atoms. The summed E-state index contributed by atoms with van der Waals surface area (Å²) in [6.07, 6.45) is 1.70. The molecule has 7 nitrogen and oxygen atoms in total. The topological polar surface area (TPSA) is 81.9 Å². The maximum absolute atomic E-state index is 12.6. The second-order valence-corrected chi connectivity index (χ2v) is 9.57. The van der Waals surface area contributed by atoms with Crippen molar-refractivity contribution >= 4 is 22.8 Å². The zero-order chi connectivity index (χ0) is 24.9. The molecule has 7 heteroatoms. The summed E-state index contributed by atoms with van der Waals surface area (Å²) >= 11 is 0. The van der Waals surface area contributed by atoms with Crippen LogP contribution in [0, 0.1) is 24.7 Å². The van der Waals surface area contributed by atoms with E-state index in [9.17, 15) is 9.59 Å². The van der Waals surface area contributed by atoms with Gasteiger partial charge in [0.15, 0.2) is 0 Å². The highest BCUT2D eigenvalue weighted by Crippen LogP contribution is 2.31. The third-order valence-electron chi connectivity index (χ3n) is 6.95. The summed E-state index contributed by atoms with van der Waals surface area (Å²) in [6.45, 7) is 7.36. The van der Waals surface area contributed by atoms with Crippen LogP contribution in [0.25, 0.3) is 22.2 Å². The Bertz CT molecular complexity index is 1180. The number of oxazole rings is 1. The molecule has 1 unspecified atom stereocenters. The number of esters is 1. The quantitative estimate of drug-likeness (QED) is 0.409. The Morgan fingerprint density at radius 2 is 1.83 bits per heavy atom. The van der Waals surface area contributed by atoms with Gasteiger partial charge in [-0.15, -0.1) is 0 Å². The molecule has 1 fully saturated rings. The van der Waals surface area contributed by atoms with Crippen LogP contribution in [-0.2, 0) is 20.7 Å². The van der Waals surface area contributed by atoms with E-state index in [0.717, 1.165) is 35.2 Å². The minimum absolute atomic E-state index is 0.134. The normalized spacial score (nSPS) is 15.4. The van der Waals surface area contributed by atoms with E-state index in [1.165, 1.54) is 12.5 Å². The van der Waals surface area contributed by atoms with Gasteiger partial charge in [0.05, 0.1) is 25.3 Å². The lowest BCUT2D eigenvalue weighted by molar-refractivity contribution is -0.150. The van der Waals surface area contributed by atoms with E-state index in [2.05, 4.69) is 29.2 Å². The lowest BCUT2D eigenvalue weighted by Gasteiger charge is -2.35. The van der Waals surface area contributed by atoms with Gasteiger partial charge in [0, 0.05) is 25.1 Å². The summed E-state index contributed by atoms with van der Waals surface area (Å²) in [5, 5.41) is 2.30. The number of carbonyl (C=O) groups excluding carboxylic acids is 2. The highest BCUT2D eigenvalue weighted by Gasteiger charge is 2.35. The van der Waals surface area contributed by atoms with E-state index in [1.807, 2.05) is 39.0 Å². The molecule has 1 atom stereocenters. The highest BCUT2D eigenvalue weighted by molar-refractivity contribution is 5.86. The van der Waals surface area contributed by atoms with Gasteiger partial charge in [-0.1, -0.05) is 44.2 Å². The fourth-order valence-electron chi connectivity index (χ4n) is 5.02. The first-order valence-electron chi connectivity index (χ1n) is 12.3. The Labute approximate surface area is 206 Å². The van der Waals surface area contributed by atoms with Crippen molar-refractivity contribution < 1.29 is 23.5 Å². The molecule has 35 heavy (non-hydrogen) atoms. The molecule has 0 aliphatic carbocycles. The van der Waals surface area contributed by atoms with Crippen LogP contribution in [0.5, 0.6) is 0 Å². The predicted molar refractivity (Wildman–Crippen MR) is 134 cm³/mol. The van der Waals surface area contributed by atoms with E-state index in [4.69, 9.17) is 13.9 Å². The minimum Gasteiger partial charge on any atom is -0.469 e. The number of amides is 1. The number of fused-ring (bicyclic) bond motifs is 1. The van der Waals surface area contributed by atoms with Crippen LogP contribution >= 0.6 is 0 Å². The van der Waals surface area contributed by atoms with Gasteiger partial charge >= 0.3 is 12.1 Å². The second-order valence-electron chi connectivity index (χ2n) is 9.57. The molecule has 4 rings (SSSR count). The van der Waals surface area contributed by atoms with Gasteiger partial charge in [-0.05, 0) is 54.5 Å². The molecule has 3 aromatic rings. The van der Waals surface area contributed by atoms with Crippen molar-refractivity contribution in [2.24, 2.45) is 17.8 Å². The fraction of sp³-hybridized carbons (Fsp3) is 0.464. The summed E-state index contributed by atoms with van der Waals surface area (Å²) in [5.74, 6) is 1.43. The molecule has 0 bridgehead atoms. The molecule has 0 saturated carbocycles. The number of rotatable bonds is 7. The average Bonchev–Trinajstić information content (AvgIpc) is 3.24. The van der Waals surface area contributed by atoms with Gasteiger partial charge in [-0.3, -0.25) is 4.79 Å². The molecule has 2 aromatic carbocycles. The lowest BCUT2D eigenvalue weighted by atomic mass is 9.78. The molecule has 2 heterocycles. The molecule has 1 aliphatic rings. The standard InChI is InChI=1S/C28H34N2O5/c1-18(2)25(27(31)33-4)21-11-14-30(15-12-21)28(32)34-16-13-24-19(3)35-26(29-24)23-10-9-20-7-5-6-8-22(20)17-23/h5-10,17-18,21,25H,11-16H2,1-4H3. The van der Waals surface area contributed by atoms with Crippen LogP contribution in [0.3, 0.4) is 0 Å². The van der Waals surface area contributed by atoms with Gasteiger partial charge < -0.3 is 18.8 Å². The largest absolute Gasteiger partial charge is 0.469 e. The number of likely N-dealkylation sites (tertiary alicyclic amines) is 1. The van der Waals surface area contributed by atoms with Crippen molar-refractivity contribution in [2.75, 3.05) is 26.8 Å². The monoisotopic (exact) mass is 478 g/mol. The molecule has 186 valence electrons. The Morgan fingerprint density at radius 1 is 1.11 bits per heavy atom. The summed E-state index contributed by atoms with van der Waals surface area (Å²) in [7, 11) is 1.44. The zero-order valence-electron chi connectivity index (χ0n) is 21.0. The molecular formula is C28H34N2O5. The first-order valence-corrected chi connectivity index (χ1v) is 12.3. The Balaban J connectivity index is 1.29. The summed E-state index contributed by atoms with van der Waals surface area (Å²) in [4.78, 5) is 31.1. The maximum atomic E-state index is 12.6. The number of hydrogen-bond donors (Lipinski definition) is 0. The zero-order valence-corrected chi connectivity index (χ0v) is 21.0. The van der Waals surface area contributed by atoms with Crippen molar-refractivity contribution in [2.45, 2.75) is 40.0 Å². The highest BCUT2D eigenvalue weighted by atomic mass is 16.6. The van der Waals surface area contributed by atoms with Crippen molar-refractivity contribution in [1.82, 2.24) is 9.88 Å². The second kappa shape index (κ2) is 10.9. The van der Waals surface area contributed by atoms with Crippen molar-refractivity contribution in [3.05, 3.63) is 53.9 Å². The molecular weight excluding hydrogens is 444 g/mol. The summed E-state index contributed by atoms with van der Waals surface area (Å²) in [5.41, 5.74) is 1.71. The SMILES string of the molecule is COC(=O)C(C(C)C)C1CCN(C(=O)OCCc2nc(-c3ccc4ccccc4c3)oc2C)CC1. The third kappa shape index (κ3) is 5.66. The minimum atomic E-state index is -0.321. The lowest BCUT2D eigenvalue weighted by Crippen LogP contribution is -2.43. The Morgan fingerprint density at radius 3 is 2.51 bits per heavy atom. The van der Waals surface area contributed by atoms with Gasteiger partial charge in [0.2, 0.25) is 5.89 Å². The maximum Gasteiger partial charge on any atom is 0.409 e. The summed E-state index contributed by atoms with van der Waals surface area (Å²) in [6, 6.07) is 14.3. The van der Waals surface area contributed by atoms with Crippen LogP contribution in [0.15, 0.2) is 46.9 Å². The van der Waals surface area contributed by atoms with E-state index in [0.29, 0.717) is 25.4 Å².